The summed E-state index contributed by atoms with van der Waals surface area (Å²) < 4.78 is 0. The molecule has 2 aliphatic rings. The number of aromatic nitrogens is 2. The first kappa shape index (κ1) is 13.5. The second kappa shape index (κ2) is 5.57. The zero-order chi connectivity index (χ0) is 14.9. The van der Waals surface area contributed by atoms with E-state index in [1.807, 2.05) is 0 Å². The number of rotatable bonds is 3. The van der Waals surface area contributed by atoms with Crippen molar-refractivity contribution in [1.29, 1.82) is 0 Å². The maximum atomic E-state index is 12.4. The summed E-state index contributed by atoms with van der Waals surface area (Å²) in [5, 5.41) is 13.6. The maximum absolute atomic E-state index is 12.4. The lowest BCUT2D eigenvalue weighted by Crippen LogP contribution is -2.30. The molecule has 1 atom stereocenters. The average Bonchev–Trinajstić information content (AvgIpc) is 3.17. The van der Waals surface area contributed by atoms with Gasteiger partial charge >= 0.3 is 0 Å². The minimum atomic E-state index is -0.0643. The summed E-state index contributed by atoms with van der Waals surface area (Å²) >= 11 is 0. The molecule has 0 spiro atoms. The van der Waals surface area contributed by atoms with Crippen LogP contribution in [0.1, 0.15) is 45.2 Å². The van der Waals surface area contributed by atoms with Gasteiger partial charge in [-0.1, -0.05) is 24.3 Å². The van der Waals surface area contributed by atoms with Crippen LogP contribution < -0.4 is 10.6 Å². The fourth-order valence-electron chi connectivity index (χ4n) is 3.57. The Balaban J connectivity index is 1.44. The van der Waals surface area contributed by atoms with E-state index < -0.39 is 0 Å². The van der Waals surface area contributed by atoms with E-state index in [2.05, 4.69) is 45.1 Å². The molecule has 1 amide bonds. The number of H-pyrrole nitrogens is 1. The van der Waals surface area contributed by atoms with Crippen LogP contribution in [-0.4, -0.2) is 29.2 Å². The Hall–Kier alpha value is -2.14. The molecule has 22 heavy (non-hydrogen) atoms. The van der Waals surface area contributed by atoms with E-state index in [4.69, 9.17) is 0 Å². The Labute approximate surface area is 129 Å². The molecule has 3 N–H and O–H groups in total. The van der Waals surface area contributed by atoms with Gasteiger partial charge in [-0.05, 0) is 24.0 Å². The Kier molecular flexibility index (Phi) is 3.42. The second-order valence-corrected chi connectivity index (χ2v) is 6.10. The number of aryl methyl sites for hydroxylation is 1. The first-order chi connectivity index (χ1) is 10.8. The van der Waals surface area contributed by atoms with E-state index in [-0.39, 0.29) is 5.91 Å². The monoisotopic (exact) mass is 296 g/mol. The van der Waals surface area contributed by atoms with Crippen LogP contribution in [0.15, 0.2) is 24.3 Å². The summed E-state index contributed by atoms with van der Waals surface area (Å²) in [6, 6.07) is 8.53. The minimum Gasteiger partial charge on any atom is -0.350 e. The van der Waals surface area contributed by atoms with Crippen molar-refractivity contribution in [3.63, 3.8) is 0 Å². The van der Waals surface area contributed by atoms with Gasteiger partial charge in [0, 0.05) is 43.2 Å². The number of carbonyl (C=O) groups is 1. The highest BCUT2D eigenvalue weighted by Crippen LogP contribution is 2.32. The molecule has 1 aliphatic heterocycles. The number of carbonyl (C=O) groups excluding carboxylic acids is 1. The van der Waals surface area contributed by atoms with Crippen molar-refractivity contribution in [2.45, 2.75) is 31.7 Å². The molecule has 0 saturated carbocycles. The summed E-state index contributed by atoms with van der Waals surface area (Å²) in [7, 11) is 0. The van der Waals surface area contributed by atoms with Gasteiger partial charge in [0.15, 0.2) is 5.69 Å². The Bertz CT molecular complexity index is 706. The summed E-state index contributed by atoms with van der Waals surface area (Å²) in [6.07, 6.45) is 3.13. The number of hydrogen-bond acceptors (Lipinski definition) is 3. The van der Waals surface area contributed by atoms with Crippen molar-refractivity contribution in [2.24, 2.45) is 0 Å². The van der Waals surface area contributed by atoms with Crippen molar-refractivity contribution in [3.8, 4) is 0 Å². The quantitative estimate of drug-likeness (QED) is 0.804. The highest BCUT2D eigenvalue weighted by atomic mass is 16.1. The number of benzene rings is 1. The Morgan fingerprint density at radius 3 is 3.18 bits per heavy atom. The zero-order valence-electron chi connectivity index (χ0n) is 12.5. The van der Waals surface area contributed by atoms with Gasteiger partial charge in [-0.25, -0.2) is 0 Å². The third-order valence-electron chi connectivity index (χ3n) is 4.79. The zero-order valence-corrected chi connectivity index (χ0v) is 12.5. The lowest BCUT2D eigenvalue weighted by atomic mass is 10.0. The van der Waals surface area contributed by atoms with Gasteiger partial charge in [0.05, 0.1) is 0 Å². The van der Waals surface area contributed by atoms with E-state index in [1.165, 1.54) is 11.1 Å². The first-order valence-electron chi connectivity index (χ1n) is 7.96. The molecule has 1 aliphatic carbocycles. The number of hydrogen-bond donors (Lipinski definition) is 3. The summed E-state index contributed by atoms with van der Waals surface area (Å²) in [6.45, 7) is 2.35. The first-order valence-corrected chi connectivity index (χ1v) is 7.96. The maximum Gasteiger partial charge on any atom is 0.272 e. The number of nitrogens with one attached hydrogen (secondary N) is 3. The smallest absolute Gasteiger partial charge is 0.272 e. The van der Waals surface area contributed by atoms with Gasteiger partial charge in [0.1, 0.15) is 0 Å². The van der Waals surface area contributed by atoms with Crippen LogP contribution in [-0.2, 0) is 19.4 Å². The van der Waals surface area contributed by atoms with Crippen LogP contribution in [0.2, 0.25) is 0 Å². The number of fused-ring (bicyclic) bond motifs is 2. The molecule has 5 heteroatoms. The molecule has 5 nitrogen and oxygen atoms in total. The summed E-state index contributed by atoms with van der Waals surface area (Å²) in [5.41, 5.74) is 5.47. The van der Waals surface area contributed by atoms with Gasteiger partial charge in [0.25, 0.3) is 5.91 Å². The van der Waals surface area contributed by atoms with Crippen LogP contribution in [0.5, 0.6) is 0 Å². The molecule has 114 valence electrons. The molecule has 0 fully saturated rings. The molecule has 1 aromatic heterocycles. The summed E-state index contributed by atoms with van der Waals surface area (Å²) in [5.74, 6) is 0.360. The van der Waals surface area contributed by atoms with Crippen molar-refractivity contribution in [3.05, 3.63) is 52.3 Å². The van der Waals surface area contributed by atoms with Gasteiger partial charge < -0.3 is 10.6 Å². The van der Waals surface area contributed by atoms with E-state index in [9.17, 15) is 4.79 Å². The lowest BCUT2D eigenvalue weighted by molar-refractivity contribution is 0.0945. The van der Waals surface area contributed by atoms with Crippen molar-refractivity contribution in [2.75, 3.05) is 13.1 Å². The SMILES string of the molecule is O=C(NCC1CCc2ccccc21)c1n[nH]c2c1CNCC2. The van der Waals surface area contributed by atoms with Crippen LogP contribution >= 0.6 is 0 Å². The largest absolute Gasteiger partial charge is 0.350 e. The van der Waals surface area contributed by atoms with E-state index in [1.54, 1.807) is 0 Å². The summed E-state index contributed by atoms with van der Waals surface area (Å²) in [4.78, 5) is 12.4. The molecular weight excluding hydrogens is 276 g/mol. The molecule has 1 unspecified atom stereocenters. The standard InChI is InChI=1S/C17H20N4O/c22-17(16-14-10-18-8-7-15(14)20-21-16)19-9-12-6-5-11-3-1-2-4-13(11)12/h1-4,12,18H,5-10H2,(H,19,22)(H,20,21). The molecule has 4 rings (SSSR count). The van der Waals surface area contributed by atoms with Crippen molar-refractivity contribution < 1.29 is 4.79 Å². The number of amides is 1. The molecule has 0 radical (unpaired) electrons. The van der Waals surface area contributed by atoms with Gasteiger partial charge in [-0.15, -0.1) is 0 Å². The number of aromatic amines is 1. The predicted octanol–water partition coefficient (Wildman–Crippen LogP) is 1.52. The molecule has 2 aromatic rings. The van der Waals surface area contributed by atoms with Crippen LogP contribution in [0, 0.1) is 0 Å². The van der Waals surface area contributed by atoms with Gasteiger partial charge in [0.2, 0.25) is 0 Å². The van der Waals surface area contributed by atoms with Crippen molar-refractivity contribution in [1.82, 2.24) is 20.8 Å². The van der Waals surface area contributed by atoms with Crippen LogP contribution in [0.4, 0.5) is 0 Å². The predicted molar refractivity (Wildman–Crippen MR) is 83.8 cm³/mol. The van der Waals surface area contributed by atoms with Gasteiger partial charge in [-0.2, -0.15) is 5.10 Å². The fraction of sp³-hybridized carbons (Fsp3) is 0.412. The number of nitrogens with zero attached hydrogens (tertiary/aromatic N) is 1. The topological polar surface area (TPSA) is 69.8 Å². The van der Waals surface area contributed by atoms with E-state index in [0.29, 0.717) is 18.2 Å². The third kappa shape index (κ3) is 2.31. The highest BCUT2D eigenvalue weighted by molar-refractivity contribution is 5.94. The molecule has 2 heterocycles. The van der Waals surface area contributed by atoms with Gasteiger partial charge in [-0.3, -0.25) is 9.89 Å². The van der Waals surface area contributed by atoms with Crippen LogP contribution in [0.3, 0.4) is 0 Å². The molecule has 0 saturated heterocycles. The lowest BCUT2D eigenvalue weighted by Gasteiger charge is -2.14. The van der Waals surface area contributed by atoms with E-state index >= 15 is 0 Å². The van der Waals surface area contributed by atoms with Crippen molar-refractivity contribution >= 4 is 5.91 Å². The normalized spacial score (nSPS) is 19.5. The Morgan fingerprint density at radius 2 is 2.23 bits per heavy atom. The minimum absolute atomic E-state index is 0.0643. The Morgan fingerprint density at radius 1 is 1.32 bits per heavy atom. The second-order valence-electron chi connectivity index (χ2n) is 6.10. The fourth-order valence-corrected chi connectivity index (χ4v) is 3.57. The van der Waals surface area contributed by atoms with Crippen LogP contribution in [0.25, 0.3) is 0 Å². The average molecular weight is 296 g/mol. The third-order valence-corrected chi connectivity index (χ3v) is 4.79. The molecule has 0 bridgehead atoms. The molecular formula is C17H20N4O. The highest BCUT2D eigenvalue weighted by Gasteiger charge is 2.25. The van der Waals surface area contributed by atoms with E-state index in [0.717, 1.165) is 43.6 Å². The molecule has 1 aromatic carbocycles.